The van der Waals surface area contributed by atoms with E-state index in [1.54, 1.807) is 0 Å². The molecule has 0 fully saturated rings. The Kier molecular flexibility index (Phi) is 9.59. The van der Waals surface area contributed by atoms with Gasteiger partial charge in [0.15, 0.2) is 0 Å². The van der Waals surface area contributed by atoms with Crippen LogP contribution in [-0.2, 0) is 18.4 Å². The first-order valence-corrected chi connectivity index (χ1v) is 14.5. The summed E-state index contributed by atoms with van der Waals surface area (Å²) in [5.41, 5.74) is 0. The maximum Gasteiger partial charge on any atom is 0.317 e. The number of carbonyl (C=O) groups is 2. The predicted octanol–water partition coefficient (Wildman–Crippen LogP) is 4.64. The Hall–Kier alpha value is -0.886. The largest absolute Gasteiger partial charge is 0.517 e. The summed E-state index contributed by atoms with van der Waals surface area (Å²) in [5, 5.41) is 0. The van der Waals surface area contributed by atoms with Crippen LogP contribution in [0.3, 0.4) is 0 Å². The van der Waals surface area contributed by atoms with E-state index in [2.05, 4.69) is 13.8 Å². The van der Waals surface area contributed by atoms with E-state index in [9.17, 15) is 9.59 Å². The highest BCUT2D eigenvalue weighted by Gasteiger charge is 2.27. The molecule has 0 saturated heterocycles. The standard InChI is InChI=1S/C16H32O4Si2/c1-7-9-13-21(3,4)19-15(17)11-12-16(18)20-22(5,6)14-10-8-2/h11-12H,7-10,13-14H2,1-6H3/b12-11+. The highest BCUT2D eigenvalue weighted by molar-refractivity contribution is 6.73. The molecular formula is C16H32O4Si2. The molecule has 0 aliphatic heterocycles. The monoisotopic (exact) mass is 344 g/mol. The first kappa shape index (κ1) is 21.1. The zero-order chi connectivity index (χ0) is 17.2. The van der Waals surface area contributed by atoms with Crippen LogP contribution in [0.4, 0.5) is 0 Å². The molecule has 0 unspecified atom stereocenters. The summed E-state index contributed by atoms with van der Waals surface area (Å²) in [5.74, 6) is -0.865. The van der Waals surface area contributed by atoms with Crippen molar-refractivity contribution in [2.45, 2.75) is 77.8 Å². The minimum atomic E-state index is -1.97. The third-order valence-corrected chi connectivity index (χ3v) is 8.00. The molecular weight excluding hydrogens is 312 g/mol. The summed E-state index contributed by atoms with van der Waals surface area (Å²) in [6, 6.07) is 1.90. The summed E-state index contributed by atoms with van der Waals surface area (Å²) in [6.45, 7) is 12.3. The lowest BCUT2D eigenvalue weighted by molar-refractivity contribution is -0.132. The Morgan fingerprint density at radius 1 is 0.773 bits per heavy atom. The lowest BCUT2D eigenvalue weighted by Gasteiger charge is -2.22. The van der Waals surface area contributed by atoms with Crippen LogP contribution >= 0.6 is 0 Å². The lowest BCUT2D eigenvalue weighted by atomic mass is 10.4. The van der Waals surface area contributed by atoms with Crippen molar-refractivity contribution in [2.75, 3.05) is 0 Å². The van der Waals surface area contributed by atoms with Gasteiger partial charge in [0.2, 0.25) is 16.6 Å². The Bertz CT molecular complexity index is 354. The highest BCUT2D eigenvalue weighted by atomic mass is 28.4. The summed E-state index contributed by atoms with van der Waals surface area (Å²) < 4.78 is 11.0. The second-order valence-electron chi connectivity index (χ2n) is 6.90. The van der Waals surface area contributed by atoms with Crippen LogP contribution < -0.4 is 0 Å². The molecule has 0 aliphatic rings. The van der Waals surface area contributed by atoms with E-state index in [0.29, 0.717) is 0 Å². The quantitative estimate of drug-likeness (QED) is 0.428. The number of rotatable bonds is 10. The molecule has 0 atom stereocenters. The van der Waals surface area contributed by atoms with E-state index in [1.807, 2.05) is 26.2 Å². The Morgan fingerprint density at radius 2 is 1.09 bits per heavy atom. The van der Waals surface area contributed by atoms with E-state index in [-0.39, 0.29) is 0 Å². The van der Waals surface area contributed by atoms with E-state index in [1.165, 1.54) is 12.2 Å². The fraction of sp³-hybridized carbons (Fsp3) is 0.750. The van der Waals surface area contributed by atoms with Gasteiger partial charge in [0.05, 0.1) is 0 Å². The second kappa shape index (κ2) is 10.00. The van der Waals surface area contributed by atoms with Crippen LogP contribution in [0.2, 0.25) is 38.3 Å². The van der Waals surface area contributed by atoms with Gasteiger partial charge < -0.3 is 8.85 Å². The third kappa shape index (κ3) is 10.8. The smallest absolute Gasteiger partial charge is 0.317 e. The number of hydrogen-bond donors (Lipinski definition) is 0. The van der Waals surface area contributed by atoms with Crippen molar-refractivity contribution in [1.29, 1.82) is 0 Å². The van der Waals surface area contributed by atoms with Gasteiger partial charge in [0, 0.05) is 12.2 Å². The SMILES string of the molecule is CCCC[Si](C)(C)OC(=O)/C=C/C(=O)O[Si](C)(C)CCCC. The predicted molar refractivity (Wildman–Crippen MR) is 95.7 cm³/mol. The van der Waals surface area contributed by atoms with Gasteiger partial charge in [-0.15, -0.1) is 0 Å². The van der Waals surface area contributed by atoms with Crippen molar-refractivity contribution in [3.63, 3.8) is 0 Å². The molecule has 0 radical (unpaired) electrons. The minimum absolute atomic E-state index is 0.433. The fourth-order valence-electron chi connectivity index (χ4n) is 2.06. The number of unbranched alkanes of at least 4 members (excludes halogenated alkanes) is 2. The van der Waals surface area contributed by atoms with Crippen LogP contribution in [0.25, 0.3) is 0 Å². The Balaban J connectivity index is 4.34. The molecule has 0 saturated carbocycles. The molecule has 0 aromatic rings. The number of hydrogen-bond acceptors (Lipinski definition) is 4. The van der Waals surface area contributed by atoms with Crippen LogP contribution in [0.15, 0.2) is 12.2 Å². The average molecular weight is 345 g/mol. The molecule has 0 spiro atoms. The minimum Gasteiger partial charge on any atom is -0.517 e. The molecule has 0 amide bonds. The molecule has 0 N–H and O–H groups in total. The van der Waals surface area contributed by atoms with E-state index in [4.69, 9.17) is 8.85 Å². The summed E-state index contributed by atoms with van der Waals surface area (Å²) in [4.78, 5) is 23.6. The van der Waals surface area contributed by atoms with Gasteiger partial charge in [-0.2, -0.15) is 0 Å². The van der Waals surface area contributed by atoms with Gasteiger partial charge in [-0.3, -0.25) is 0 Å². The Morgan fingerprint density at radius 3 is 1.36 bits per heavy atom. The molecule has 0 aliphatic carbocycles. The molecule has 0 bridgehead atoms. The lowest BCUT2D eigenvalue weighted by Crippen LogP contribution is -2.33. The van der Waals surface area contributed by atoms with Gasteiger partial charge in [0.1, 0.15) is 0 Å². The molecule has 0 heterocycles. The van der Waals surface area contributed by atoms with E-state index < -0.39 is 28.6 Å². The van der Waals surface area contributed by atoms with Crippen LogP contribution in [0.5, 0.6) is 0 Å². The van der Waals surface area contributed by atoms with E-state index >= 15 is 0 Å². The Labute approximate surface area is 137 Å². The van der Waals surface area contributed by atoms with Crippen LogP contribution in [0.1, 0.15) is 39.5 Å². The average Bonchev–Trinajstić information content (AvgIpc) is 2.40. The highest BCUT2D eigenvalue weighted by Crippen LogP contribution is 2.16. The summed E-state index contributed by atoms with van der Waals surface area (Å²) in [7, 11) is -3.94. The molecule has 4 nitrogen and oxygen atoms in total. The van der Waals surface area contributed by atoms with E-state index in [0.717, 1.165) is 37.8 Å². The molecule has 128 valence electrons. The van der Waals surface area contributed by atoms with Crippen LogP contribution in [-0.4, -0.2) is 28.6 Å². The van der Waals surface area contributed by atoms with Crippen molar-refractivity contribution in [1.82, 2.24) is 0 Å². The number of carbonyl (C=O) groups excluding carboxylic acids is 2. The molecule has 6 heteroatoms. The van der Waals surface area contributed by atoms with Crippen LogP contribution in [0, 0.1) is 0 Å². The van der Waals surface area contributed by atoms with Gasteiger partial charge in [0.25, 0.3) is 0 Å². The zero-order valence-electron chi connectivity index (χ0n) is 15.0. The topological polar surface area (TPSA) is 52.6 Å². The first-order chi connectivity index (χ1) is 10.1. The first-order valence-electron chi connectivity index (χ1n) is 8.26. The maximum atomic E-state index is 11.8. The fourth-order valence-corrected chi connectivity index (χ4v) is 5.90. The summed E-state index contributed by atoms with van der Waals surface area (Å²) >= 11 is 0. The van der Waals surface area contributed by atoms with Crippen molar-refractivity contribution < 1.29 is 18.4 Å². The molecule has 0 aromatic carbocycles. The van der Waals surface area contributed by atoms with Gasteiger partial charge >= 0.3 is 11.9 Å². The van der Waals surface area contributed by atoms with Crippen molar-refractivity contribution in [2.24, 2.45) is 0 Å². The van der Waals surface area contributed by atoms with Crippen molar-refractivity contribution >= 4 is 28.6 Å². The second-order valence-corrected chi connectivity index (χ2v) is 15.3. The molecule has 0 rings (SSSR count). The molecule has 22 heavy (non-hydrogen) atoms. The summed E-state index contributed by atoms with van der Waals surface area (Å²) in [6.07, 6.45) is 6.72. The van der Waals surface area contributed by atoms with Gasteiger partial charge in [-0.05, 0) is 38.3 Å². The van der Waals surface area contributed by atoms with Crippen molar-refractivity contribution in [3.8, 4) is 0 Å². The molecule has 0 aromatic heterocycles. The van der Waals surface area contributed by atoms with Gasteiger partial charge in [-0.25, -0.2) is 9.59 Å². The maximum absolute atomic E-state index is 11.8. The normalized spacial score (nSPS) is 12.5. The zero-order valence-corrected chi connectivity index (χ0v) is 17.0. The van der Waals surface area contributed by atoms with Crippen molar-refractivity contribution in [3.05, 3.63) is 12.2 Å². The third-order valence-electron chi connectivity index (χ3n) is 3.37. The van der Waals surface area contributed by atoms with Gasteiger partial charge in [-0.1, -0.05) is 39.5 Å².